The molecule has 1 aromatic carbocycles. The zero-order valence-electron chi connectivity index (χ0n) is 11.9. The van der Waals surface area contributed by atoms with Crippen molar-refractivity contribution in [1.82, 2.24) is 15.3 Å². The van der Waals surface area contributed by atoms with Crippen molar-refractivity contribution in [3.63, 3.8) is 0 Å². The average Bonchev–Trinajstić information content (AvgIpc) is 2.39. The second-order valence-corrected chi connectivity index (χ2v) is 4.94. The first-order chi connectivity index (χ1) is 9.16. The van der Waals surface area contributed by atoms with Crippen LogP contribution >= 0.6 is 0 Å². The number of rotatable bonds is 5. The first kappa shape index (κ1) is 13.7. The third-order valence-corrected chi connectivity index (χ3v) is 3.28. The summed E-state index contributed by atoms with van der Waals surface area (Å²) in [6.45, 7) is 7.21. The van der Waals surface area contributed by atoms with Gasteiger partial charge in [-0.05, 0) is 39.3 Å². The molecule has 1 heterocycles. The van der Waals surface area contributed by atoms with Crippen LogP contribution in [0.25, 0.3) is 0 Å². The highest BCUT2D eigenvalue weighted by Crippen LogP contribution is 2.11. The molecule has 0 radical (unpaired) electrons. The summed E-state index contributed by atoms with van der Waals surface area (Å²) >= 11 is 0. The fourth-order valence-corrected chi connectivity index (χ4v) is 2.24. The SMILES string of the molecule is Cc1cccc(CCNC(C)c2nccnc2C)c1. The minimum absolute atomic E-state index is 0.235. The van der Waals surface area contributed by atoms with E-state index in [9.17, 15) is 0 Å². The van der Waals surface area contributed by atoms with Crippen LogP contribution in [0.2, 0.25) is 0 Å². The Balaban J connectivity index is 1.88. The molecule has 0 saturated carbocycles. The van der Waals surface area contributed by atoms with Crippen LogP contribution in [-0.4, -0.2) is 16.5 Å². The summed E-state index contributed by atoms with van der Waals surface area (Å²) in [4.78, 5) is 8.67. The predicted molar refractivity (Wildman–Crippen MR) is 78.1 cm³/mol. The minimum Gasteiger partial charge on any atom is -0.308 e. The predicted octanol–water partition coefficient (Wildman–Crippen LogP) is 2.99. The van der Waals surface area contributed by atoms with Gasteiger partial charge in [0.2, 0.25) is 0 Å². The normalized spacial score (nSPS) is 12.4. The molecule has 0 amide bonds. The molecule has 3 heteroatoms. The van der Waals surface area contributed by atoms with Crippen LogP contribution in [0.15, 0.2) is 36.7 Å². The smallest absolute Gasteiger partial charge is 0.0782 e. The van der Waals surface area contributed by atoms with E-state index >= 15 is 0 Å². The number of benzene rings is 1. The maximum atomic E-state index is 4.39. The lowest BCUT2D eigenvalue weighted by atomic mass is 10.1. The molecule has 0 spiro atoms. The van der Waals surface area contributed by atoms with Crippen molar-refractivity contribution in [2.45, 2.75) is 33.2 Å². The van der Waals surface area contributed by atoms with Gasteiger partial charge in [0, 0.05) is 18.4 Å². The van der Waals surface area contributed by atoms with Gasteiger partial charge in [0.05, 0.1) is 11.4 Å². The molecular formula is C16H21N3. The molecule has 0 aliphatic heterocycles. The standard InChI is InChI=1S/C16H21N3/c1-12-5-4-6-15(11-12)7-8-17-13(2)16-14(3)18-9-10-19-16/h4-6,9-11,13,17H,7-8H2,1-3H3. The number of aryl methyl sites for hydroxylation is 2. The van der Waals surface area contributed by atoms with Crippen molar-refractivity contribution >= 4 is 0 Å². The fourth-order valence-electron chi connectivity index (χ4n) is 2.24. The van der Waals surface area contributed by atoms with E-state index in [0.29, 0.717) is 0 Å². The van der Waals surface area contributed by atoms with Crippen molar-refractivity contribution in [2.24, 2.45) is 0 Å². The molecule has 1 unspecified atom stereocenters. The molecule has 100 valence electrons. The summed E-state index contributed by atoms with van der Waals surface area (Å²) in [6.07, 6.45) is 4.52. The molecule has 1 N–H and O–H groups in total. The Morgan fingerprint density at radius 1 is 1.16 bits per heavy atom. The number of aromatic nitrogens is 2. The van der Waals surface area contributed by atoms with Gasteiger partial charge in [-0.3, -0.25) is 9.97 Å². The minimum atomic E-state index is 0.235. The topological polar surface area (TPSA) is 37.8 Å². The Morgan fingerprint density at radius 3 is 2.68 bits per heavy atom. The van der Waals surface area contributed by atoms with Crippen molar-refractivity contribution in [3.05, 3.63) is 59.2 Å². The number of nitrogens with one attached hydrogen (secondary N) is 1. The summed E-state index contributed by atoms with van der Waals surface area (Å²) in [7, 11) is 0. The van der Waals surface area contributed by atoms with E-state index in [1.807, 2.05) is 6.92 Å². The molecule has 1 atom stereocenters. The zero-order valence-corrected chi connectivity index (χ0v) is 11.9. The summed E-state index contributed by atoms with van der Waals surface area (Å²) in [6, 6.07) is 8.88. The Kier molecular flexibility index (Phi) is 4.63. The van der Waals surface area contributed by atoms with Crippen molar-refractivity contribution in [1.29, 1.82) is 0 Å². The third-order valence-electron chi connectivity index (χ3n) is 3.28. The highest BCUT2D eigenvalue weighted by atomic mass is 14.9. The van der Waals surface area contributed by atoms with Crippen molar-refractivity contribution in [2.75, 3.05) is 6.54 Å². The highest BCUT2D eigenvalue weighted by Gasteiger charge is 2.09. The summed E-state index contributed by atoms with van der Waals surface area (Å²) < 4.78 is 0. The summed E-state index contributed by atoms with van der Waals surface area (Å²) in [5.41, 5.74) is 4.72. The fraction of sp³-hybridized carbons (Fsp3) is 0.375. The maximum Gasteiger partial charge on any atom is 0.0782 e. The molecular weight excluding hydrogens is 234 g/mol. The van der Waals surface area contributed by atoms with Crippen molar-refractivity contribution < 1.29 is 0 Å². The monoisotopic (exact) mass is 255 g/mol. The van der Waals surface area contributed by atoms with E-state index in [2.05, 4.69) is 53.4 Å². The Bertz CT molecular complexity index is 537. The first-order valence-corrected chi connectivity index (χ1v) is 6.73. The largest absolute Gasteiger partial charge is 0.308 e. The van der Waals surface area contributed by atoms with Gasteiger partial charge < -0.3 is 5.32 Å². The van der Waals surface area contributed by atoms with E-state index in [1.54, 1.807) is 12.4 Å². The Morgan fingerprint density at radius 2 is 1.95 bits per heavy atom. The summed E-state index contributed by atoms with van der Waals surface area (Å²) in [5.74, 6) is 0. The molecule has 1 aromatic heterocycles. The van der Waals surface area contributed by atoms with Gasteiger partial charge in [0.1, 0.15) is 0 Å². The van der Waals surface area contributed by atoms with Gasteiger partial charge in [0.25, 0.3) is 0 Å². The van der Waals surface area contributed by atoms with Crippen LogP contribution in [0.4, 0.5) is 0 Å². The quantitative estimate of drug-likeness (QED) is 0.892. The van der Waals surface area contributed by atoms with Crippen LogP contribution < -0.4 is 5.32 Å². The van der Waals surface area contributed by atoms with E-state index in [-0.39, 0.29) is 6.04 Å². The number of hydrogen-bond donors (Lipinski definition) is 1. The lowest BCUT2D eigenvalue weighted by Gasteiger charge is -2.14. The first-order valence-electron chi connectivity index (χ1n) is 6.73. The van der Waals surface area contributed by atoms with Crippen LogP contribution in [0.3, 0.4) is 0 Å². The second-order valence-electron chi connectivity index (χ2n) is 4.94. The molecule has 0 bridgehead atoms. The average molecular weight is 255 g/mol. The van der Waals surface area contributed by atoms with Crippen LogP contribution in [0.5, 0.6) is 0 Å². The zero-order chi connectivity index (χ0) is 13.7. The highest BCUT2D eigenvalue weighted by molar-refractivity contribution is 5.22. The van der Waals surface area contributed by atoms with E-state index < -0.39 is 0 Å². The van der Waals surface area contributed by atoms with Gasteiger partial charge in [-0.2, -0.15) is 0 Å². The molecule has 2 aromatic rings. The molecule has 2 rings (SSSR count). The number of hydrogen-bond acceptors (Lipinski definition) is 3. The van der Waals surface area contributed by atoms with Gasteiger partial charge in [-0.1, -0.05) is 29.8 Å². The third kappa shape index (κ3) is 3.86. The van der Waals surface area contributed by atoms with Gasteiger partial charge >= 0.3 is 0 Å². The van der Waals surface area contributed by atoms with Gasteiger partial charge in [0.15, 0.2) is 0 Å². The molecule has 19 heavy (non-hydrogen) atoms. The molecule has 0 aliphatic carbocycles. The molecule has 0 fully saturated rings. The molecule has 0 saturated heterocycles. The van der Waals surface area contributed by atoms with Crippen molar-refractivity contribution in [3.8, 4) is 0 Å². The molecule has 0 aliphatic rings. The molecule has 3 nitrogen and oxygen atoms in total. The van der Waals surface area contributed by atoms with E-state index in [4.69, 9.17) is 0 Å². The summed E-state index contributed by atoms with van der Waals surface area (Å²) in [5, 5.41) is 3.51. The van der Waals surface area contributed by atoms with Crippen LogP contribution in [0.1, 0.15) is 35.5 Å². The van der Waals surface area contributed by atoms with E-state index in [0.717, 1.165) is 24.4 Å². The Labute approximate surface area is 115 Å². The maximum absolute atomic E-state index is 4.39. The lowest BCUT2D eigenvalue weighted by Crippen LogP contribution is -2.23. The number of nitrogens with zero attached hydrogens (tertiary/aromatic N) is 2. The second kappa shape index (κ2) is 6.43. The van der Waals surface area contributed by atoms with E-state index in [1.165, 1.54) is 11.1 Å². The van der Waals surface area contributed by atoms with Gasteiger partial charge in [-0.25, -0.2) is 0 Å². The lowest BCUT2D eigenvalue weighted by molar-refractivity contribution is 0.558. The van der Waals surface area contributed by atoms with Crippen LogP contribution in [-0.2, 0) is 6.42 Å². The Hall–Kier alpha value is -1.74. The van der Waals surface area contributed by atoms with Gasteiger partial charge in [-0.15, -0.1) is 0 Å². The van der Waals surface area contributed by atoms with Crippen LogP contribution in [0, 0.1) is 13.8 Å².